The van der Waals surface area contributed by atoms with Crippen LogP contribution in [0.5, 0.6) is 0 Å². The third kappa shape index (κ3) is 4.33. The van der Waals surface area contributed by atoms with Crippen molar-refractivity contribution in [2.45, 2.75) is 19.3 Å². The summed E-state index contributed by atoms with van der Waals surface area (Å²) in [4.78, 5) is 31.1. The summed E-state index contributed by atoms with van der Waals surface area (Å²) in [5.41, 5.74) is 2.46. The van der Waals surface area contributed by atoms with Gasteiger partial charge in [0, 0.05) is 19.3 Å². The summed E-state index contributed by atoms with van der Waals surface area (Å²) in [6.45, 7) is 1.96. The maximum atomic E-state index is 12.8. The Morgan fingerprint density at radius 2 is 1.67 bits per heavy atom. The van der Waals surface area contributed by atoms with Crippen LogP contribution < -0.4 is 10.2 Å². The molecule has 6 nitrogen and oxygen atoms in total. The first kappa shape index (κ1) is 19.6. The molecule has 0 radical (unpaired) electrons. The van der Waals surface area contributed by atoms with Crippen LogP contribution in [0.4, 0.5) is 11.5 Å². The van der Waals surface area contributed by atoms with E-state index in [1.54, 1.807) is 24.4 Å². The molecule has 1 aliphatic rings. The van der Waals surface area contributed by atoms with E-state index in [0.717, 1.165) is 42.9 Å². The van der Waals surface area contributed by atoms with E-state index in [1.807, 2.05) is 36.4 Å². The van der Waals surface area contributed by atoms with Gasteiger partial charge in [-0.25, -0.2) is 9.78 Å². The zero-order chi connectivity index (χ0) is 20.9. The quantitative estimate of drug-likeness (QED) is 0.648. The standard InChI is InChI=1S/C24H23N3O3/c28-23(19-10-12-22(25-16-19)27-13-5-2-6-14-27)26-21-15-18(9-11-20(21)24(29)30)17-7-3-1-4-8-17/h1,3-4,7-12,15-16H,2,5-6,13-14H2,(H,26,28)(H,29,30). The fraction of sp³-hybridized carbons (Fsp3) is 0.208. The summed E-state index contributed by atoms with van der Waals surface area (Å²) in [7, 11) is 0. The van der Waals surface area contributed by atoms with Gasteiger partial charge in [0.05, 0.1) is 16.8 Å². The van der Waals surface area contributed by atoms with E-state index < -0.39 is 5.97 Å². The average molecular weight is 401 g/mol. The van der Waals surface area contributed by atoms with Crippen molar-refractivity contribution in [3.05, 3.63) is 78.0 Å². The number of piperidine rings is 1. The molecule has 0 unspecified atom stereocenters. The number of hydrogen-bond donors (Lipinski definition) is 2. The number of hydrogen-bond acceptors (Lipinski definition) is 4. The Kier molecular flexibility index (Phi) is 5.75. The minimum atomic E-state index is -1.09. The molecule has 2 N–H and O–H groups in total. The van der Waals surface area contributed by atoms with Crippen molar-refractivity contribution in [3.63, 3.8) is 0 Å². The van der Waals surface area contributed by atoms with Crippen LogP contribution in [0, 0.1) is 0 Å². The Labute approximate surface area is 175 Å². The molecule has 1 aliphatic heterocycles. The Balaban J connectivity index is 1.56. The number of pyridine rings is 1. The van der Waals surface area contributed by atoms with Gasteiger partial charge in [-0.3, -0.25) is 4.79 Å². The molecular weight excluding hydrogens is 378 g/mol. The first-order valence-electron chi connectivity index (χ1n) is 10.1. The molecule has 2 aromatic carbocycles. The van der Waals surface area contributed by atoms with Crippen LogP contribution in [0.1, 0.15) is 40.0 Å². The molecule has 1 fully saturated rings. The van der Waals surface area contributed by atoms with Crippen LogP contribution in [0.3, 0.4) is 0 Å². The highest BCUT2D eigenvalue weighted by molar-refractivity contribution is 6.08. The third-order valence-electron chi connectivity index (χ3n) is 5.30. The molecule has 1 amide bonds. The van der Waals surface area contributed by atoms with E-state index in [0.29, 0.717) is 5.56 Å². The number of aromatic carboxylic acids is 1. The number of nitrogens with one attached hydrogen (secondary N) is 1. The van der Waals surface area contributed by atoms with Gasteiger partial charge >= 0.3 is 5.97 Å². The summed E-state index contributed by atoms with van der Waals surface area (Å²) in [5, 5.41) is 12.3. The Bertz CT molecular complexity index is 1040. The van der Waals surface area contributed by atoms with Gasteiger partial charge in [0.1, 0.15) is 5.82 Å². The number of carbonyl (C=O) groups is 2. The number of amides is 1. The van der Waals surface area contributed by atoms with Crippen molar-refractivity contribution in [2.75, 3.05) is 23.3 Å². The lowest BCUT2D eigenvalue weighted by Gasteiger charge is -2.27. The molecule has 152 valence electrons. The van der Waals surface area contributed by atoms with Gasteiger partial charge in [-0.1, -0.05) is 36.4 Å². The molecule has 0 spiro atoms. The number of carboxylic acids is 1. The Hall–Kier alpha value is -3.67. The molecule has 3 aromatic rings. The van der Waals surface area contributed by atoms with E-state index in [4.69, 9.17) is 0 Å². The zero-order valence-electron chi connectivity index (χ0n) is 16.5. The van der Waals surface area contributed by atoms with Gasteiger partial charge in [0.15, 0.2) is 0 Å². The van der Waals surface area contributed by atoms with Crippen LogP contribution in [-0.4, -0.2) is 35.1 Å². The normalized spacial score (nSPS) is 13.7. The number of benzene rings is 2. The van der Waals surface area contributed by atoms with Gasteiger partial charge in [-0.05, 0) is 54.7 Å². The molecule has 0 atom stereocenters. The van der Waals surface area contributed by atoms with E-state index in [9.17, 15) is 14.7 Å². The number of rotatable bonds is 5. The Morgan fingerprint density at radius 3 is 2.33 bits per heavy atom. The molecule has 4 rings (SSSR count). The SMILES string of the molecule is O=C(Nc1cc(-c2ccccc2)ccc1C(=O)O)c1ccc(N2CCCCC2)nc1. The van der Waals surface area contributed by atoms with Crippen LogP contribution >= 0.6 is 0 Å². The lowest BCUT2D eigenvalue weighted by molar-refractivity contribution is 0.0698. The van der Waals surface area contributed by atoms with Crippen LogP contribution in [0.2, 0.25) is 0 Å². The molecule has 30 heavy (non-hydrogen) atoms. The molecular formula is C24H23N3O3. The van der Waals surface area contributed by atoms with Crippen molar-refractivity contribution < 1.29 is 14.7 Å². The van der Waals surface area contributed by atoms with Gasteiger partial charge in [0.2, 0.25) is 0 Å². The lowest BCUT2D eigenvalue weighted by Crippen LogP contribution is -2.30. The molecule has 0 aliphatic carbocycles. The largest absolute Gasteiger partial charge is 0.478 e. The van der Waals surface area contributed by atoms with Gasteiger partial charge in [-0.2, -0.15) is 0 Å². The summed E-state index contributed by atoms with van der Waals surface area (Å²) in [5.74, 6) is -0.618. The molecule has 0 bridgehead atoms. The van der Waals surface area contributed by atoms with Crippen molar-refractivity contribution in [2.24, 2.45) is 0 Å². The van der Waals surface area contributed by atoms with Crippen LogP contribution in [0.15, 0.2) is 66.9 Å². The monoisotopic (exact) mass is 401 g/mol. The highest BCUT2D eigenvalue weighted by Gasteiger charge is 2.17. The van der Waals surface area contributed by atoms with E-state index in [1.165, 1.54) is 12.5 Å². The predicted octanol–water partition coefficient (Wildman–Crippen LogP) is 4.69. The molecule has 1 saturated heterocycles. The van der Waals surface area contributed by atoms with E-state index in [-0.39, 0.29) is 17.2 Å². The summed E-state index contributed by atoms with van der Waals surface area (Å²) < 4.78 is 0. The van der Waals surface area contributed by atoms with Gasteiger partial charge < -0.3 is 15.3 Å². The van der Waals surface area contributed by atoms with E-state index >= 15 is 0 Å². The van der Waals surface area contributed by atoms with Gasteiger partial charge in [-0.15, -0.1) is 0 Å². The molecule has 0 saturated carbocycles. The first-order chi connectivity index (χ1) is 14.6. The minimum absolute atomic E-state index is 0.0425. The molecule has 6 heteroatoms. The fourth-order valence-electron chi connectivity index (χ4n) is 3.67. The zero-order valence-corrected chi connectivity index (χ0v) is 16.5. The maximum absolute atomic E-state index is 12.8. The summed E-state index contributed by atoms with van der Waals surface area (Å²) in [6, 6.07) is 18.1. The second kappa shape index (κ2) is 8.78. The predicted molar refractivity (Wildman–Crippen MR) is 117 cm³/mol. The van der Waals surface area contributed by atoms with Crippen molar-refractivity contribution in [1.82, 2.24) is 4.98 Å². The fourth-order valence-corrected chi connectivity index (χ4v) is 3.67. The number of anilines is 2. The smallest absolute Gasteiger partial charge is 0.337 e. The number of aromatic nitrogens is 1. The first-order valence-corrected chi connectivity index (χ1v) is 10.1. The maximum Gasteiger partial charge on any atom is 0.337 e. The topological polar surface area (TPSA) is 82.5 Å². The second-order valence-corrected chi connectivity index (χ2v) is 7.34. The molecule has 1 aromatic heterocycles. The van der Waals surface area contributed by atoms with Crippen molar-refractivity contribution in [1.29, 1.82) is 0 Å². The van der Waals surface area contributed by atoms with E-state index in [2.05, 4.69) is 15.2 Å². The number of carbonyl (C=O) groups excluding carboxylic acids is 1. The van der Waals surface area contributed by atoms with Crippen molar-refractivity contribution in [3.8, 4) is 11.1 Å². The average Bonchev–Trinajstić information content (AvgIpc) is 2.80. The van der Waals surface area contributed by atoms with Crippen LogP contribution in [-0.2, 0) is 0 Å². The number of carboxylic acid groups (broad SMARTS) is 1. The second-order valence-electron chi connectivity index (χ2n) is 7.34. The highest BCUT2D eigenvalue weighted by atomic mass is 16.4. The highest BCUT2D eigenvalue weighted by Crippen LogP contribution is 2.26. The lowest BCUT2D eigenvalue weighted by atomic mass is 10.0. The number of nitrogens with zero attached hydrogens (tertiary/aromatic N) is 2. The summed E-state index contributed by atoms with van der Waals surface area (Å²) in [6.07, 6.45) is 5.09. The Morgan fingerprint density at radius 1 is 0.900 bits per heavy atom. The van der Waals surface area contributed by atoms with Crippen LogP contribution in [0.25, 0.3) is 11.1 Å². The van der Waals surface area contributed by atoms with Crippen molar-refractivity contribution >= 4 is 23.4 Å². The molecule has 2 heterocycles. The third-order valence-corrected chi connectivity index (χ3v) is 5.30. The minimum Gasteiger partial charge on any atom is -0.478 e. The van der Waals surface area contributed by atoms with Gasteiger partial charge in [0.25, 0.3) is 5.91 Å². The summed E-state index contributed by atoms with van der Waals surface area (Å²) >= 11 is 0.